The molecule has 1 atom stereocenters. The molecule has 0 bridgehead atoms. The van der Waals surface area contributed by atoms with Crippen LogP contribution >= 0.6 is 11.3 Å². The van der Waals surface area contributed by atoms with Crippen LogP contribution in [0.4, 0.5) is 4.39 Å². The van der Waals surface area contributed by atoms with Gasteiger partial charge in [-0.25, -0.2) is 9.40 Å². The average molecular weight is 524 g/mol. The molecular weight excluding hydrogens is 493 g/mol. The first-order valence-corrected chi connectivity index (χ1v) is 13.3. The zero-order valence-corrected chi connectivity index (χ0v) is 21.6. The van der Waals surface area contributed by atoms with Crippen molar-refractivity contribution in [2.75, 3.05) is 45.9 Å². The molecule has 194 valence electrons. The van der Waals surface area contributed by atoms with Crippen LogP contribution in [-0.4, -0.2) is 82.8 Å². The molecule has 8 nitrogen and oxygen atoms in total. The number of rotatable bonds is 8. The molecule has 0 spiro atoms. The molecule has 0 radical (unpaired) electrons. The number of halogens is 1. The highest BCUT2D eigenvalue weighted by Gasteiger charge is 2.36. The van der Waals surface area contributed by atoms with Crippen molar-refractivity contribution < 1.29 is 18.7 Å². The highest BCUT2D eigenvalue weighted by molar-refractivity contribution is 7.12. The Kier molecular flexibility index (Phi) is 7.78. The summed E-state index contributed by atoms with van der Waals surface area (Å²) in [5.41, 5.74) is 1.76. The minimum absolute atomic E-state index is 0.0412. The number of hydrogen-bond acceptors (Lipinski definition) is 6. The van der Waals surface area contributed by atoms with Gasteiger partial charge in [0, 0.05) is 51.5 Å². The van der Waals surface area contributed by atoms with Crippen LogP contribution in [0.5, 0.6) is 0 Å². The summed E-state index contributed by atoms with van der Waals surface area (Å²) in [6.45, 7) is 3.45. The number of benzene rings is 1. The summed E-state index contributed by atoms with van der Waals surface area (Å²) in [6.07, 6.45) is 2.52. The van der Waals surface area contributed by atoms with Gasteiger partial charge >= 0.3 is 0 Å². The molecule has 4 heterocycles. The summed E-state index contributed by atoms with van der Waals surface area (Å²) in [7, 11) is 1.94. The molecule has 37 heavy (non-hydrogen) atoms. The second-order valence-corrected chi connectivity index (χ2v) is 10.1. The van der Waals surface area contributed by atoms with Gasteiger partial charge in [-0.2, -0.15) is 5.10 Å². The number of ether oxygens (including phenoxy) is 1. The van der Waals surface area contributed by atoms with E-state index in [2.05, 4.69) is 4.90 Å². The molecule has 0 aliphatic carbocycles. The molecule has 10 heteroatoms. The summed E-state index contributed by atoms with van der Waals surface area (Å²) in [4.78, 5) is 31.8. The largest absolute Gasteiger partial charge is 0.379 e. The fourth-order valence-corrected chi connectivity index (χ4v) is 5.48. The van der Waals surface area contributed by atoms with E-state index in [0.717, 1.165) is 29.4 Å². The summed E-state index contributed by atoms with van der Waals surface area (Å²) in [5.74, 6) is -1.40. The number of morpholine rings is 1. The number of aromatic nitrogens is 1. The molecule has 0 saturated carbocycles. The third-order valence-electron chi connectivity index (χ3n) is 6.80. The van der Waals surface area contributed by atoms with Crippen LogP contribution in [0, 0.1) is 5.82 Å². The average Bonchev–Trinajstić information content (AvgIpc) is 3.67. The normalized spacial score (nSPS) is 18.2. The smallest absolute Gasteiger partial charge is 0.262 e. The first kappa shape index (κ1) is 25.3. The standard InChI is InChI=1S/C27H30FN5O3S/c1-30-10-4-8-23(30)24-18-22(25-9-5-17-37-25)29-33(24)26(34)19-32(12-11-31-13-15-36-16-14-31)27(35)20-6-2-3-7-21(20)28/h2-10,17,24H,11-16,18-19H2,1H3/t24-/m1/s1. The van der Waals surface area contributed by atoms with E-state index in [1.165, 1.54) is 22.0 Å². The molecule has 1 fully saturated rings. The Hall–Kier alpha value is -3.34. The predicted molar refractivity (Wildman–Crippen MR) is 140 cm³/mol. The van der Waals surface area contributed by atoms with Gasteiger partial charge < -0.3 is 14.2 Å². The predicted octanol–water partition coefficient (Wildman–Crippen LogP) is 3.38. The highest BCUT2D eigenvalue weighted by atomic mass is 32.1. The van der Waals surface area contributed by atoms with Crippen molar-refractivity contribution in [3.05, 3.63) is 82.1 Å². The van der Waals surface area contributed by atoms with Crippen molar-refractivity contribution in [2.24, 2.45) is 12.1 Å². The van der Waals surface area contributed by atoms with Crippen LogP contribution in [0.15, 0.2) is 65.2 Å². The van der Waals surface area contributed by atoms with Crippen molar-refractivity contribution in [2.45, 2.75) is 12.5 Å². The van der Waals surface area contributed by atoms with Gasteiger partial charge in [0.05, 0.1) is 29.4 Å². The molecule has 2 aliphatic rings. The van der Waals surface area contributed by atoms with Crippen LogP contribution in [0.3, 0.4) is 0 Å². The van der Waals surface area contributed by atoms with E-state index in [-0.39, 0.29) is 24.1 Å². The fraction of sp³-hybridized carbons (Fsp3) is 0.370. The molecular formula is C27H30FN5O3S. The van der Waals surface area contributed by atoms with E-state index in [4.69, 9.17) is 9.84 Å². The monoisotopic (exact) mass is 523 g/mol. The van der Waals surface area contributed by atoms with E-state index in [0.29, 0.717) is 32.7 Å². The Morgan fingerprint density at radius 1 is 1.14 bits per heavy atom. The van der Waals surface area contributed by atoms with Crippen LogP contribution in [0.2, 0.25) is 0 Å². The molecule has 0 N–H and O–H groups in total. The number of thiophene rings is 1. The number of carbonyl (C=O) groups is 2. The SMILES string of the molecule is Cn1cccc1[C@H]1CC(c2cccs2)=NN1C(=O)CN(CCN1CCOCC1)C(=O)c1ccccc1F. The Morgan fingerprint density at radius 2 is 1.95 bits per heavy atom. The fourth-order valence-electron chi connectivity index (χ4n) is 4.76. The second-order valence-electron chi connectivity index (χ2n) is 9.19. The summed E-state index contributed by atoms with van der Waals surface area (Å²) < 4.78 is 21.9. The van der Waals surface area contributed by atoms with E-state index in [9.17, 15) is 14.0 Å². The number of carbonyl (C=O) groups excluding carboxylic acids is 2. The molecule has 2 amide bonds. The van der Waals surface area contributed by atoms with Crippen molar-refractivity contribution in [1.29, 1.82) is 0 Å². The molecule has 2 aliphatic heterocycles. The van der Waals surface area contributed by atoms with E-state index in [1.54, 1.807) is 23.5 Å². The Morgan fingerprint density at radius 3 is 2.65 bits per heavy atom. The van der Waals surface area contributed by atoms with E-state index < -0.39 is 11.7 Å². The topological polar surface area (TPSA) is 70.4 Å². The van der Waals surface area contributed by atoms with E-state index >= 15 is 0 Å². The van der Waals surface area contributed by atoms with Crippen molar-refractivity contribution in [3.63, 3.8) is 0 Å². The van der Waals surface area contributed by atoms with Gasteiger partial charge in [-0.05, 0) is 35.7 Å². The lowest BCUT2D eigenvalue weighted by molar-refractivity contribution is -0.133. The van der Waals surface area contributed by atoms with Crippen molar-refractivity contribution in [1.82, 2.24) is 19.4 Å². The van der Waals surface area contributed by atoms with E-state index in [1.807, 2.05) is 47.5 Å². The molecule has 1 saturated heterocycles. The van der Waals surface area contributed by atoms with Gasteiger partial charge in [0.1, 0.15) is 18.4 Å². The van der Waals surface area contributed by atoms with Gasteiger partial charge in [-0.3, -0.25) is 14.5 Å². The maximum atomic E-state index is 14.5. The lowest BCUT2D eigenvalue weighted by Crippen LogP contribution is -2.46. The number of hydrogen-bond donors (Lipinski definition) is 0. The number of nitrogens with zero attached hydrogens (tertiary/aromatic N) is 5. The number of hydrazone groups is 1. The Bertz CT molecular complexity index is 1270. The maximum Gasteiger partial charge on any atom is 0.262 e. The molecule has 2 aromatic heterocycles. The van der Waals surface area contributed by atoms with Gasteiger partial charge in [0.15, 0.2) is 0 Å². The maximum absolute atomic E-state index is 14.5. The second kappa shape index (κ2) is 11.4. The molecule has 3 aromatic rings. The van der Waals surface area contributed by atoms with Gasteiger partial charge in [0.2, 0.25) is 0 Å². The zero-order chi connectivity index (χ0) is 25.8. The first-order valence-electron chi connectivity index (χ1n) is 12.4. The minimum Gasteiger partial charge on any atom is -0.379 e. The number of aryl methyl sites for hydroxylation is 1. The van der Waals surface area contributed by atoms with Crippen molar-refractivity contribution >= 4 is 28.9 Å². The summed E-state index contributed by atoms with van der Waals surface area (Å²) >= 11 is 1.58. The highest BCUT2D eigenvalue weighted by Crippen LogP contribution is 2.34. The quantitative estimate of drug-likeness (QED) is 0.454. The minimum atomic E-state index is -0.600. The van der Waals surface area contributed by atoms with Crippen LogP contribution in [0.1, 0.15) is 33.4 Å². The molecule has 0 unspecified atom stereocenters. The molecule has 5 rings (SSSR count). The zero-order valence-electron chi connectivity index (χ0n) is 20.8. The van der Waals surface area contributed by atoms with Gasteiger partial charge in [-0.15, -0.1) is 11.3 Å². The summed E-state index contributed by atoms with van der Waals surface area (Å²) in [6, 6.07) is 13.5. The van der Waals surface area contributed by atoms with Crippen LogP contribution in [0.25, 0.3) is 0 Å². The lowest BCUT2D eigenvalue weighted by Gasteiger charge is -2.31. The Labute approximate surface area is 219 Å². The first-order chi connectivity index (χ1) is 18.0. The lowest BCUT2D eigenvalue weighted by atomic mass is 10.1. The third-order valence-corrected chi connectivity index (χ3v) is 7.72. The van der Waals surface area contributed by atoms with Gasteiger partial charge in [-0.1, -0.05) is 18.2 Å². The van der Waals surface area contributed by atoms with Crippen molar-refractivity contribution in [3.8, 4) is 0 Å². The number of amides is 2. The van der Waals surface area contributed by atoms with Crippen LogP contribution < -0.4 is 0 Å². The van der Waals surface area contributed by atoms with Gasteiger partial charge in [0.25, 0.3) is 11.8 Å². The van der Waals surface area contributed by atoms with Crippen LogP contribution in [-0.2, 0) is 16.6 Å². The summed E-state index contributed by atoms with van der Waals surface area (Å²) in [5, 5.41) is 8.21. The molecule has 1 aromatic carbocycles. The third kappa shape index (κ3) is 5.66. The Balaban J connectivity index is 1.40.